The van der Waals surface area contributed by atoms with Crippen molar-refractivity contribution in [3.05, 3.63) is 0 Å². The first kappa shape index (κ1) is 35.0. The van der Waals surface area contributed by atoms with Gasteiger partial charge >= 0.3 is 0 Å². The summed E-state index contributed by atoms with van der Waals surface area (Å²) in [5.74, 6) is 1.53. The molecule has 232 valence electrons. The Bertz CT molecular complexity index is 566. The first-order chi connectivity index (χ1) is 18.4. The van der Waals surface area contributed by atoms with E-state index in [9.17, 15) is 0 Å². The predicted molar refractivity (Wildman–Crippen MR) is 159 cm³/mol. The zero-order chi connectivity index (χ0) is 29.0. The molecule has 2 unspecified atom stereocenters. The van der Waals surface area contributed by atoms with Gasteiger partial charge in [0.15, 0.2) is 0 Å². The van der Waals surface area contributed by atoms with Crippen molar-refractivity contribution in [3.8, 4) is 0 Å². The molecule has 0 spiro atoms. The molecule has 2 fully saturated rings. The van der Waals surface area contributed by atoms with Crippen LogP contribution < -0.4 is 0 Å². The second kappa shape index (κ2) is 17.7. The van der Waals surface area contributed by atoms with E-state index in [-0.39, 0.29) is 36.6 Å². The Morgan fingerprint density at radius 1 is 0.487 bits per heavy atom. The van der Waals surface area contributed by atoms with E-state index in [0.29, 0.717) is 44.1 Å². The fraction of sp³-hybridized carbons (Fsp3) is 1.00. The summed E-state index contributed by atoms with van der Waals surface area (Å²) >= 11 is 0. The van der Waals surface area contributed by atoms with Crippen LogP contribution in [-0.2, 0) is 28.4 Å². The monoisotopic (exact) mass is 556 g/mol. The van der Waals surface area contributed by atoms with Gasteiger partial charge in [-0.1, -0.05) is 13.8 Å². The van der Waals surface area contributed by atoms with Gasteiger partial charge in [0, 0.05) is 0 Å². The van der Waals surface area contributed by atoms with Crippen LogP contribution in [-0.4, -0.2) is 75.3 Å². The van der Waals surface area contributed by atoms with E-state index < -0.39 is 0 Å². The van der Waals surface area contributed by atoms with Crippen LogP contribution in [0.5, 0.6) is 0 Å². The highest BCUT2D eigenvalue weighted by Crippen LogP contribution is 2.49. The van der Waals surface area contributed by atoms with Gasteiger partial charge in [0.25, 0.3) is 0 Å². The van der Waals surface area contributed by atoms with Gasteiger partial charge in [-0.15, -0.1) is 0 Å². The molecule has 39 heavy (non-hydrogen) atoms. The third kappa shape index (κ3) is 13.5. The van der Waals surface area contributed by atoms with E-state index in [1.807, 2.05) is 0 Å². The molecular weight excluding hydrogens is 492 g/mol. The minimum atomic E-state index is 0.00825. The molecule has 0 aliphatic heterocycles. The molecule has 0 aromatic heterocycles. The van der Waals surface area contributed by atoms with Crippen molar-refractivity contribution >= 4 is 0 Å². The van der Waals surface area contributed by atoms with Crippen molar-refractivity contribution in [3.63, 3.8) is 0 Å². The first-order valence-electron chi connectivity index (χ1n) is 16.1. The summed E-state index contributed by atoms with van der Waals surface area (Å²) in [5.41, 5.74) is 0.360. The summed E-state index contributed by atoms with van der Waals surface area (Å²) in [7, 11) is 0. The van der Waals surface area contributed by atoms with Crippen molar-refractivity contribution in [2.24, 2.45) is 17.3 Å². The van der Waals surface area contributed by atoms with Gasteiger partial charge in [-0.3, -0.25) is 0 Å². The molecule has 6 heteroatoms. The summed E-state index contributed by atoms with van der Waals surface area (Å²) in [6.07, 6.45) is 11.2. The van der Waals surface area contributed by atoms with E-state index in [0.717, 1.165) is 37.5 Å². The molecule has 2 rings (SSSR count). The second-order valence-corrected chi connectivity index (χ2v) is 13.8. The quantitative estimate of drug-likeness (QED) is 0.173. The normalized spacial score (nSPS) is 26.6. The average Bonchev–Trinajstić information content (AvgIpc) is 2.87. The van der Waals surface area contributed by atoms with Gasteiger partial charge in [-0.05, 0) is 124 Å². The average molecular weight is 557 g/mol. The first-order valence-corrected chi connectivity index (χ1v) is 16.1. The van der Waals surface area contributed by atoms with Crippen LogP contribution in [0.25, 0.3) is 0 Å². The summed E-state index contributed by atoms with van der Waals surface area (Å²) < 4.78 is 36.5. The molecular formula is C33H64O6. The van der Waals surface area contributed by atoms with E-state index >= 15 is 0 Å². The molecule has 0 saturated heterocycles. The van der Waals surface area contributed by atoms with Gasteiger partial charge in [0.2, 0.25) is 0 Å². The van der Waals surface area contributed by atoms with E-state index in [4.69, 9.17) is 28.4 Å². The van der Waals surface area contributed by atoms with E-state index in [1.54, 1.807) is 0 Å². The van der Waals surface area contributed by atoms with E-state index in [2.05, 4.69) is 69.2 Å². The number of hydrogen-bond donors (Lipinski definition) is 0. The Hall–Kier alpha value is -0.240. The Kier molecular flexibility index (Phi) is 15.8. The topological polar surface area (TPSA) is 55.4 Å². The van der Waals surface area contributed by atoms with Crippen LogP contribution in [0.4, 0.5) is 0 Å². The number of rotatable bonds is 18. The van der Waals surface area contributed by atoms with Crippen molar-refractivity contribution in [2.45, 2.75) is 169 Å². The number of hydrogen-bond acceptors (Lipinski definition) is 6. The van der Waals surface area contributed by atoms with Crippen molar-refractivity contribution < 1.29 is 28.4 Å². The zero-order valence-corrected chi connectivity index (χ0v) is 27.2. The molecule has 6 nitrogen and oxygen atoms in total. The Labute approximate surface area is 241 Å². The Morgan fingerprint density at radius 3 is 1.10 bits per heavy atom. The summed E-state index contributed by atoms with van der Waals surface area (Å²) in [5, 5.41) is 0. The molecule has 0 amide bonds. The maximum absolute atomic E-state index is 6.36. The zero-order valence-electron chi connectivity index (χ0n) is 27.2. The SMILES string of the molecule is CC(C)OCC(COC1CCC(C(C)(C)C2CCC(OCC(COC(C)C)OC(C)C)CC2)CC1)OC(C)C. The molecule has 2 atom stereocenters. The smallest absolute Gasteiger partial charge is 0.104 e. The van der Waals surface area contributed by atoms with Crippen molar-refractivity contribution in [2.75, 3.05) is 26.4 Å². The highest BCUT2D eigenvalue weighted by atomic mass is 16.6. The lowest BCUT2D eigenvalue weighted by Crippen LogP contribution is -2.40. The van der Waals surface area contributed by atoms with Crippen molar-refractivity contribution in [1.82, 2.24) is 0 Å². The molecule has 0 bridgehead atoms. The summed E-state index contributed by atoms with van der Waals surface area (Å²) in [6, 6.07) is 0. The Morgan fingerprint density at radius 2 is 0.821 bits per heavy atom. The van der Waals surface area contributed by atoms with Crippen LogP contribution >= 0.6 is 0 Å². The van der Waals surface area contributed by atoms with Crippen LogP contribution in [0.3, 0.4) is 0 Å². The summed E-state index contributed by atoms with van der Waals surface area (Å²) in [6.45, 7) is 24.1. The molecule has 0 heterocycles. The van der Waals surface area contributed by atoms with Crippen LogP contribution in [0.2, 0.25) is 0 Å². The fourth-order valence-electron chi connectivity index (χ4n) is 6.39. The molecule has 0 aromatic rings. The molecule has 0 radical (unpaired) electrons. The Balaban J connectivity index is 1.74. The predicted octanol–water partition coefficient (Wildman–Crippen LogP) is 7.60. The van der Waals surface area contributed by atoms with E-state index in [1.165, 1.54) is 25.7 Å². The fourth-order valence-corrected chi connectivity index (χ4v) is 6.39. The third-order valence-corrected chi connectivity index (χ3v) is 8.65. The minimum Gasteiger partial charge on any atom is -0.376 e. The molecule has 0 aromatic carbocycles. The van der Waals surface area contributed by atoms with Gasteiger partial charge in [0.05, 0.1) is 63.1 Å². The molecule has 2 aliphatic rings. The molecule has 2 aliphatic carbocycles. The lowest BCUT2D eigenvalue weighted by Gasteiger charge is -2.46. The number of ether oxygens (including phenoxy) is 6. The van der Waals surface area contributed by atoms with Gasteiger partial charge in [-0.25, -0.2) is 0 Å². The van der Waals surface area contributed by atoms with Gasteiger partial charge in [-0.2, -0.15) is 0 Å². The second-order valence-electron chi connectivity index (χ2n) is 13.8. The minimum absolute atomic E-state index is 0.00825. The lowest BCUT2D eigenvalue weighted by atomic mass is 9.60. The highest BCUT2D eigenvalue weighted by Gasteiger charge is 2.41. The highest BCUT2D eigenvalue weighted by molar-refractivity contribution is 4.91. The molecule has 0 N–H and O–H groups in total. The largest absolute Gasteiger partial charge is 0.376 e. The standard InChI is InChI=1S/C33H64O6/c1-23(2)34-19-31(38-25(5)6)21-36-29-15-11-27(12-16-29)33(9,10)28-13-17-30(18-14-28)37-22-32(39-26(7)8)20-35-24(3)4/h23-32H,11-22H2,1-10H3. The van der Waals surface area contributed by atoms with Crippen molar-refractivity contribution in [1.29, 1.82) is 0 Å². The van der Waals surface area contributed by atoms with Crippen LogP contribution in [0.15, 0.2) is 0 Å². The van der Waals surface area contributed by atoms with Gasteiger partial charge in [0.1, 0.15) is 12.2 Å². The third-order valence-electron chi connectivity index (χ3n) is 8.65. The maximum Gasteiger partial charge on any atom is 0.104 e. The van der Waals surface area contributed by atoms with Gasteiger partial charge < -0.3 is 28.4 Å². The lowest BCUT2D eigenvalue weighted by molar-refractivity contribution is -0.115. The van der Waals surface area contributed by atoms with Crippen LogP contribution in [0.1, 0.15) is 121 Å². The maximum atomic E-state index is 6.36. The van der Waals surface area contributed by atoms with Crippen LogP contribution in [0, 0.1) is 17.3 Å². The summed E-state index contributed by atoms with van der Waals surface area (Å²) in [4.78, 5) is 0. The molecule has 2 saturated carbocycles.